The van der Waals surface area contributed by atoms with Crippen LogP contribution in [0.2, 0.25) is 0 Å². The molecule has 1 aromatic carbocycles. The molecule has 8 heteroatoms. The van der Waals surface area contributed by atoms with E-state index in [9.17, 15) is 14.0 Å². The topological polar surface area (TPSA) is 70.5 Å². The summed E-state index contributed by atoms with van der Waals surface area (Å²) in [6.45, 7) is 7.21. The van der Waals surface area contributed by atoms with Crippen LogP contribution in [0.1, 0.15) is 23.8 Å². The van der Waals surface area contributed by atoms with Crippen molar-refractivity contribution in [2.45, 2.75) is 19.9 Å². The maximum absolute atomic E-state index is 13.0. The Morgan fingerprint density at radius 3 is 2.46 bits per heavy atom. The summed E-state index contributed by atoms with van der Waals surface area (Å²) in [5, 5.41) is 6.99. The third-order valence-corrected chi connectivity index (χ3v) is 4.81. The molecule has 1 amide bonds. The largest absolute Gasteiger partial charge is 0.369 e. The van der Waals surface area contributed by atoms with Crippen LogP contribution in [0.15, 0.2) is 41.2 Å². The maximum Gasteiger partial charge on any atom is 0.271 e. The van der Waals surface area contributed by atoms with Crippen LogP contribution in [-0.4, -0.2) is 59.9 Å². The Labute approximate surface area is 163 Å². The van der Waals surface area contributed by atoms with Gasteiger partial charge in [-0.1, -0.05) is 6.92 Å². The summed E-state index contributed by atoms with van der Waals surface area (Å²) in [6, 6.07) is 9.41. The third kappa shape index (κ3) is 5.16. The molecule has 1 aromatic heterocycles. The summed E-state index contributed by atoms with van der Waals surface area (Å²) >= 11 is 0. The normalized spacial score (nSPS) is 14.9. The van der Waals surface area contributed by atoms with Crippen molar-refractivity contribution in [2.75, 3.05) is 44.2 Å². The van der Waals surface area contributed by atoms with Gasteiger partial charge in [0.05, 0.1) is 0 Å². The molecule has 150 valence electrons. The Kier molecular flexibility index (Phi) is 6.76. The molecule has 3 rings (SSSR count). The predicted molar refractivity (Wildman–Crippen MR) is 106 cm³/mol. The number of aryl methyl sites for hydroxylation is 1. The Bertz CT molecular complexity index is 844. The van der Waals surface area contributed by atoms with E-state index in [0.29, 0.717) is 13.1 Å². The summed E-state index contributed by atoms with van der Waals surface area (Å²) < 4.78 is 14.4. The number of carbonyl (C=O) groups is 1. The van der Waals surface area contributed by atoms with Crippen LogP contribution in [0.25, 0.3) is 0 Å². The van der Waals surface area contributed by atoms with Gasteiger partial charge in [-0.3, -0.25) is 14.5 Å². The van der Waals surface area contributed by atoms with E-state index in [1.165, 1.54) is 28.9 Å². The van der Waals surface area contributed by atoms with Gasteiger partial charge in [-0.05, 0) is 36.8 Å². The van der Waals surface area contributed by atoms with Gasteiger partial charge in [-0.25, -0.2) is 9.07 Å². The SMILES string of the molecule is CCCn1nc(C(=O)NCCN2CCN(c3ccc(F)cc3)CC2)ccc1=O. The predicted octanol–water partition coefficient (Wildman–Crippen LogP) is 1.34. The molecule has 1 N–H and O–H groups in total. The fourth-order valence-corrected chi connectivity index (χ4v) is 3.24. The number of benzene rings is 1. The minimum atomic E-state index is -0.269. The first kappa shape index (κ1) is 20.0. The molecule has 28 heavy (non-hydrogen) atoms. The first-order valence-electron chi connectivity index (χ1n) is 9.66. The number of rotatable bonds is 7. The van der Waals surface area contributed by atoms with E-state index in [2.05, 4.69) is 20.2 Å². The van der Waals surface area contributed by atoms with Gasteiger partial charge in [0.15, 0.2) is 0 Å². The number of piperazine rings is 1. The molecule has 2 aromatic rings. The first-order valence-corrected chi connectivity index (χ1v) is 9.66. The lowest BCUT2D eigenvalue weighted by molar-refractivity contribution is 0.0940. The number of aromatic nitrogens is 2. The minimum absolute atomic E-state index is 0.197. The third-order valence-electron chi connectivity index (χ3n) is 4.81. The smallest absolute Gasteiger partial charge is 0.271 e. The van der Waals surface area contributed by atoms with Gasteiger partial charge in [0, 0.05) is 57.6 Å². The molecule has 1 aliphatic rings. The van der Waals surface area contributed by atoms with Crippen molar-refractivity contribution < 1.29 is 9.18 Å². The fraction of sp³-hybridized carbons (Fsp3) is 0.450. The van der Waals surface area contributed by atoms with E-state index in [1.807, 2.05) is 6.92 Å². The van der Waals surface area contributed by atoms with Crippen molar-refractivity contribution in [3.63, 3.8) is 0 Å². The highest BCUT2D eigenvalue weighted by Crippen LogP contribution is 2.16. The van der Waals surface area contributed by atoms with Crippen LogP contribution in [-0.2, 0) is 6.54 Å². The molecule has 1 fully saturated rings. The Balaban J connectivity index is 1.43. The molecule has 7 nitrogen and oxygen atoms in total. The van der Waals surface area contributed by atoms with Gasteiger partial charge in [-0.15, -0.1) is 0 Å². The summed E-state index contributed by atoms with van der Waals surface area (Å²) in [7, 11) is 0. The lowest BCUT2D eigenvalue weighted by Crippen LogP contribution is -2.48. The zero-order chi connectivity index (χ0) is 19.9. The molecule has 1 aliphatic heterocycles. The van der Waals surface area contributed by atoms with Crippen molar-refractivity contribution in [3.8, 4) is 0 Å². The molecule has 0 radical (unpaired) electrons. The highest BCUT2D eigenvalue weighted by molar-refractivity contribution is 5.91. The summed E-state index contributed by atoms with van der Waals surface area (Å²) in [5.41, 5.74) is 1.09. The highest BCUT2D eigenvalue weighted by Gasteiger charge is 2.17. The number of nitrogens with one attached hydrogen (secondary N) is 1. The summed E-state index contributed by atoms with van der Waals surface area (Å²) in [6.07, 6.45) is 0.780. The molecule has 0 spiro atoms. The van der Waals surface area contributed by atoms with Crippen molar-refractivity contribution in [2.24, 2.45) is 0 Å². The van der Waals surface area contributed by atoms with Crippen LogP contribution >= 0.6 is 0 Å². The van der Waals surface area contributed by atoms with Crippen LogP contribution in [0.3, 0.4) is 0 Å². The van der Waals surface area contributed by atoms with Crippen molar-refractivity contribution in [1.82, 2.24) is 20.0 Å². The molecule has 0 bridgehead atoms. The van der Waals surface area contributed by atoms with Crippen LogP contribution < -0.4 is 15.8 Å². The molecule has 0 saturated carbocycles. The summed E-state index contributed by atoms with van der Waals surface area (Å²) in [4.78, 5) is 28.5. The monoisotopic (exact) mass is 387 g/mol. The zero-order valence-electron chi connectivity index (χ0n) is 16.1. The average molecular weight is 387 g/mol. The quantitative estimate of drug-likeness (QED) is 0.777. The van der Waals surface area contributed by atoms with Gasteiger partial charge in [0.25, 0.3) is 11.5 Å². The van der Waals surface area contributed by atoms with Gasteiger partial charge in [0.2, 0.25) is 0 Å². The van der Waals surface area contributed by atoms with E-state index < -0.39 is 0 Å². The molecular formula is C20H26FN5O2. The van der Waals surface area contributed by atoms with Gasteiger partial charge in [0.1, 0.15) is 11.5 Å². The minimum Gasteiger partial charge on any atom is -0.369 e. The van der Waals surface area contributed by atoms with Crippen molar-refractivity contribution in [3.05, 3.63) is 58.3 Å². The number of nitrogens with zero attached hydrogens (tertiary/aromatic N) is 4. The van der Waals surface area contributed by atoms with Crippen molar-refractivity contribution in [1.29, 1.82) is 0 Å². The molecule has 1 saturated heterocycles. The van der Waals surface area contributed by atoms with E-state index in [4.69, 9.17) is 0 Å². The average Bonchev–Trinajstić information content (AvgIpc) is 2.71. The molecule has 0 aliphatic carbocycles. The number of hydrogen-bond donors (Lipinski definition) is 1. The Morgan fingerprint density at radius 2 is 1.79 bits per heavy atom. The van der Waals surface area contributed by atoms with E-state index in [-0.39, 0.29) is 23.0 Å². The number of carbonyl (C=O) groups excluding carboxylic acids is 1. The molecule has 0 unspecified atom stereocenters. The number of amides is 1. The van der Waals surface area contributed by atoms with E-state index >= 15 is 0 Å². The van der Waals surface area contributed by atoms with Gasteiger partial charge < -0.3 is 10.2 Å². The summed E-state index contributed by atoms with van der Waals surface area (Å²) in [5.74, 6) is -0.493. The first-order chi connectivity index (χ1) is 13.6. The van der Waals surface area contributed by atoms with Gasteiger partial charge >= 0.3 is 0 Å². The lowest BCUT2D eigenvalue weighted by atomic mass is 10.2. The zero-order valence-corrected chi connectivity index (χ0v) is 16.1. The van der Waals surface area contributed by atoms with Gasteiger partial charge in [-0.2, -0.15) is 5.10 Å². The highest BCUT2D eigenvalue weighted by atomic mass is 19.1. The van der Waals surface area contributed by atoms with E-state index in [0.717, 1.165) is 44.8 Å². The van der Waals surface area contributed by atoms with Crippen LogP contribution in [0.5, 0.6) is 0 Å². The molecule has 0 atom stereocenters. The second-order valence-corrected chi connectivity index (χ2v) is 6.84. The van der Waals surface area contributed by atoms with Crippen LogP contribution in [0, 0.1) is 5.82 Å². The Morgan fingerprint density at radius 1 is 1.07 bits per heavy atom. The second-order valence-electron chi connectivity index (χ2n) is 6.84. The number of anilines is 1. The standard InChI is InChI=1S/C20H26FN5O2/c1-2-10-26-19(27)8-7-18(23-26)20(28)22-9-11-24-12-14-25(15-13-24)17-5-3-16(21)4-6-17/h3-8H,2,9-15H2,1H3,(H,22,28). The molecular weight excluding hydrogens is 361 g/mol. The van der Waals surface area contributed by atoms with Crippen LogP contribution in [0.4, 0.5) is 10.1 Å². The van der Waals surface area contributed by atoms with E-state index in [1.54, 1.807) is 12.1 Å². The number of halogens is 1. The van der Waals surface area contributed by atoms with Crippen molar-refractivity contribution >= 4 is 11.6 Å². The fourth-order valence-electron chi connectivity index (χ4n) is 3.24. The maximum atomic E-state index is 13.0. The molecule has 2 heterocycles. The Hall–Kier alpha value is -2.74. The second kappa shape index (κ2) is 9.45. The lowest BCUT2D eigenvalue weighted by Gasteiger charge is -2.36. The number of hydrogen-bond acceptors (Lipinski definition) is 5.